The zero-order valence-electron chi connectivity index (χ0n) is 11.3. The van der Waals surface area contributed by atoms with E-state index < -0.39 is 0 Å². The van der Waals surface area contributed by atoms with Crippen molar-refractivity contribution in [2.24, 2.45) is 0 Å². The van der Waals surface area contributed by atoms with Crippen LogP contribution in [0.3, 0.4) is 0 Å². The van der Waals surface area contributed by atoms with Gasteiger partial charge >= 0.3 is 5.63 Å². The van der Waals surface area contributed by atoms with Gasteiger partial charge in [0.15, 0.2) is 0 Å². The molecule has 1 N–H and O–H groups in total. The van der Waals surface area contributed by atoms with Crippen molar-refractivity contribution in [3.63, 3.8) is 0 Å². The van der Waals surface area contributed by atoms with Crippen LogP contribution in [0, 0.1) is 0 Å². The predicted molar refractivity (Wildman–Crippen MR) is 79.2 cm³/mol. The van der Waals surface area contributed by atoms with Crippen molar-refractivity contribution in [2.45, 2.75) is 13.2 Å². The fourth-order valence-corrected chi connectivity index (χ4v) is 2.04. The lowest BCUT2D eigenvalue weighted by Crippen LogP contribution is -1.97. The Morgan fingerprint density at radius 3 is 2.43 bits per heavy atom. The highest BCUT2D eigenvalue weighted by atomic mass is 16.5. The Morgan fingerprint density at radius 2 is 1.67 bits per heavy atom. The van der Waals surface area contributed by atoms with Crippen LogP contribution in [-0.4, -0.2) is 5.11 Å². The Balaban J connectivity index is 1.76. The molecule has 21 heavy (non-hydrogen) atoms. The van der Waals surface area contributed by atoms with Gasteiger partial charge in [0.1, 0.15) is 17.9 Å². The zero-order chi connectivity index (χ0) is 14.7. The summed E-state index contributed by atoms with van der Waals surface area (Å²) in [6, 6.07) is 16.0. The molecule has 1 heterocycles. The second-order valence-electron chi connectivity index (χ2n) is 4.72. The Hall–Kier alpha value is -2.59. The molecule has 2 aromatic carbocycles. The van der Waals surface area contributed by atoms with Crippen LogP contribution in [0.1, 0.15) is 11.1 Å². The number of rotatable bonds is 4. The van der Waals surface area contributed by atoms with Gasteiger partial charge in [-0.1, -0.05) is 24.3 Å². The molecule has 0 aliphatic carbocycles. The first kappa shape index (κ1) is 13.4. The average Bonchev–Trinajstić information content (AvgIpc) is 2.53. The van der Waals surface area contributed by atoms with E-state index in [1.807, 2.05) is 36.4 Å². The van der Waals surface area contributed by atoms with Gasteiger partial charge in [0, 0.05) is 17.5 Å². The Bertz CT molecular complexity index is 803. The maximum absolute atomic E-state index is 11.2. The van der Waals surface area contributed by atoms with Crippen LogP contribution in [-0.2, 0) is 13.2 Å². The summed E-state index contributed by atoms with van der Waals surface area (Å²) < 4.78 is 10.8. The standard InChI is InChI=1S/C17H14O4/c18-10-12-1-3-13(4-2-12)11-20-15-7-5-14-6-8-17(19)21-16(14)9-15/h1-9,18H,10-11H2. The number of aliphatic hydroxyl groups excluding tert-OH is 1. The lowest BCUT2D eigenvalue weighted by atomic mass is 10.1. The molecule has 3 rings (SSSR count). The summed E-state index contributed by atoms with van der Waals surface area (Å²) in [6.07, 6.45) is 0. The third-order valence-electron chi connectivity index (χ3n) is 3.21. The first-order valence-corrected chi connectivity index (χ1v) is 6.60. The molecule has 0 aliphatic heterocycles. The van der Waals surface area contributed by atoms with Gasteiger partial charge in [-0.3, -0.25) is 0 Å². The Morgan fingerprint density at radius 1 is 0.952 bits per heavy atom. The number of benzene rings is 2. The quantitative estimate of drug-likeness (QED) is 0.747. The molecule has 0 spiro atoms. The first-order chi connectivity index (χ1) is 10.2. The molecule has 0 unspecified atom stereocenters. The van der Waals surface area contributed by atoms with E-state index in [0.717, 1.165) is 16.5 Å². The normalized spacial score (nSPS) is 10.7. The van der Waals surface area contributed by atoms with E-state index in [1.54, 1.807) is 12.1 Å². The van der Waals surface area contributed by atoms with Gasteiger partial charge in [0.05, 0.1) is 6.61 Å². The molecule has 0 atom stereocenters. The van der Waals surface area contributed by atoms with Crippen LogP contribution in [0.2, 0.25) is 0 Å². The summed E-state index contributed by atoms with van der Waals surface area (Å²) >= 11 is 0. The molecular formula is C17H14O4. The summed E-state index contributed by atoms with van der Waals surface area (Å²) in [5.41, 5.74) is 2.00. The van der Waals surface area contributed by atoms with Crippen molar-refractivity contribution in [2.75, 3.05) is 0 Å². The molecule has 0 aliphatic rings. The second kappa shape index (κ2) is 5.81. The second-order valence-corrected chi connectivity index (χ2v) is 4.72. The smallest absolute Gasteiger partial charge is 0.336 e. The molecule has 0 fully saturated rings. The van der Waals surface area contributed by atoms with E-state index in [-0.39, 0.29) is 12.2 Å². The van der Waals surface area contributed by atoms with E-state index in [2.05, 4.69) is 0 Å². The van der Waals surface area contributed by atoms with Crippen molar-refractivity contribution in [1.82, 2.24) is 0 Å². The van der Waals surface area contributed by atoms with Gasteiger partial charge in [-0.2, -0.15) is 0 Å². The van der Waals surface area contributed by atoms with Gasteiger partial charge in [-0.05, 0) is 29.3 Å². The molecule has 4 heteroatoms. The van der Waals surface area contributed by atoms with Gasteiger partial charge in [-0.15, -0.1) is 0 Å². The fourth-order valence-electron chi connectivity index (χ4n) is 2.04. The van der Waals surface area contributed by atoms with Crippen molar-refractivity contribution in [3.05, 3.63) is 76.1 Å². The van der Waals surface area contributed by atoms with Gasteiger partial charge in [-0.25, -0.2) is 4.79 Å². The number of aliphatic hydroxyl groups is 1. The van der Waals surface area contributed by atoms with E-state index in [1.165, 1.54) is 6.07 Å². The third-order valence-corrected chi connectivity index (χ3v) is 3.21. The number of ether oxygens (including phenoxy) is 1. The lowest BCUT2D eigenvalue weighted by Gasteiger charge is -2.07. The number of hydrogen-bond acceptors (Lipinski definition) is 4. The maximum Gasteiger partial charge on any atom is 0.336 e. The van der Waals surface area contributed by atoms with E-state index >= 15 is 0 Å². The zero-order valence-corrected chi connectivity index (χ0v) is 11.3. The van der Waals surface area contributed by atoms with Crippen molar-refractivity contribution < 1.29 is 14.3 Å². The van der Waals surface area contributed by atoms with Gasteiger partial charge < -0.3 is 14.3 Å². The number of hydrogen-bond donors (Lipinski definition) is 1. The summed E-state index contributed by atoms with van der Waals surface area (Å²) in [5, 5.41) is 9.85. The lowest BCUT2D eigenvalue weighted by molar-refractivity contribution is 0.281. The summed E-state index contributed by atoms with van der Waals surface area (Å²) in [6.45, 7) is 0.444. The Labute approximate surface area is 121 Å². The first-order valence-electron chi connectivity index (χ1n) is 6.60. The van der Waals surface area contributed by atoms with E-state index in [0.29, 0.717) is 17.9 Å². The van der Waals surface area contributed by atoms with Crippen LogP contribution in [0.5, 0.6) is 5.75 Å². The van der Waals surface area contributed by atoms with Crippen LogP contribution >= 0.6 is 0 Å². The molecule has 3 aromatic rings. The molecule has 4 nitrogen and oxygen atoms in total. The largest absolute Gasteiger partial charge is 0.489 e. The average molecular weight is 282 g/mol. The Kier molecular flexibility index (Phi) is 3.71. The monoisotopic (exact) mass is 282 g/mol. The molecule has 1 aromatic heterocycles. The van der Waals surface area contributed by atoms with Crippen molar-refractivity contribution >= 4 is 11.0 Å². The summed E-state index contributed by atoms with van der Waals surface area (Å²) in [7, 11) is 0. The molecule has 0 amide bonds. The molecule has 0 bridgehead atoms. The van der Waals surface area contributed by atoms with Crippen molar-refractivity contribution in [3.8, 4) is 5.75 Å². The molecule has 106 valence electrons. The van der Waals surface area contributed by atoms with Crippen LogP contribution in [0.25, 0.3) is 11.0 Å². The summed E-state index contributed by atoms with van der Waals surface area (Å²) in [4.78, 5) is 11.2. The van der Waals surface area contributed by atoms with Crippen LogP contribution in [0.15, 0.2) is 63.8 Å². The third kappa shape index (κ3) is 3.12. The minimum absolute atomic E-state index is 0.0326. The highest BCUT2D eigenvalue weighted by molar-refractivity contribution is 5.77. The van der Waals surface area contributed by atoms with Crippen LogP contribution < -0.4 is 10.4 Å². The molecule has 0 radical (unpaired) electrons. The minimum atomic E-state index is -0.376. The fraction of sp³-hybridized carbons (Fsp3) is 0.118. The highest BCUT2D eigenvalue weighted by Crippen LogP contribution is 2.20. The highest BCUT2D eigenvalue weighted by Gasteiger charge is 2.01. The number of fused-ring (bicyclic) bond motifs is 1. The van der Waals surface area contributed by atoms with E-state index in [9.17, 15) is 4.79 Å². The van der Waals surface area contributed by atoms with Crippen LogP contribution in [0.4, 0.5) is 0 Å². The van der Waals surface area contributed by atoms with Crippen molar-refractivity contribution in [1.29, 1.82) is 0 Å². The molecule has 0 saturated carbocycles. The maximum atomic E-state index is 11.2. The minimum Gasteiger partial charge on any atom is -0.489 e. The molecule has 0 saturated heterocycles. The topological polar surface area (TPSA) is 59.7 Å². The molecular weight excluding hydrogens is 268 g/mol. The predicted octanol–water partition coefficient (Wildman–Crippen LogP) is 2.86. The summed E-state index contributed by atoms with van der Waals surface area (Å²) in [5.74, 6) is 0.642. The SMILES string of the molecule is O=c1ccc2ccc(OCc3ccc(CO)cc3)cc2o1. The van der Waals surface area contributed by atoms with Gasteiger partial charge in [0.2, 0.25) is 0 Å². The van der Waals surface area contributed by atoms with Gasteiger partial charge in [0.25, 0.3) is 0 Å². The van der Waals surface area contributed by atoms with E-state index in [4.69, 9.17) is 14.3 Å².